The van der Waals surface area contributed by atoms with E-state index in [2.05, 4.69) is 178 Å². The molecule has 0 amide bonds. The second-order valence-corrected chi connectivity index (χ2v) is 11.7. The van der Waals surface area contributed by atoms with E-state index < -0.39 is 0 Å². The van der Waals surface area contributed by atoms with Crippen molar-refractivity contribution in [3.8, 4) is 39.1 Å². The SMILES string of the molecule is Brc1ccc(-c2cccc(-c3ccc4c5ccc(-c6cccc7ccccc67)cc5n(-c5ccccc5)c4c3)c2)cc1. The summed E-state index contributed by atoms with van der Waals surface area (Å²) in [6.07, 6.45) is 0. The van der Waals surface area contributed by atoms with Gasteiger partial charge in [-0.15, -0.1) is 0 Å². The van der Waals surface area contributed by atoms with E-state index in [0.29, 0.717) is 0 Å². The summed E-state index contributed by atoms with van der Waals surface area (Å²) >= 11 is 3.56. The molecular weight excluding hydrogens is 574 g/mol. The van der Waals surface area contributed by atoms with Crippen molar-refractivity contribution in [1.29, 1.82) is 0 Å². The highest BCUT2D eigenvalue weighted by molar-refractivity contribution is 9.10. The number of nitrogens with zero attached hydrogens (tertiary/aromatic N) is 1. The van der Waals surface area contributed by atoms with Gasteiger partial charge in [0.1, 0.15) is 0 Å². The highest BCUT2D eigenvalue weighted by atomic mass is 79.9. The Labute approximate surface area is 253 Å². The lowest BCUT2D eigenvalue weighted by Crippen LogP contribution is -1.94. The van der Waals surface area contributed by atoms with Gasteiger partial charge >= 0.3 is 0 Å². The van der Waals surface area contributed by atoms with E-state index in [1.165, 1.54) is 66.0 Å². The van der Waals surface area contributed by atoms with Crippen LogP contribution in [0.15, 0.2) is 162 Å². The first-order chi connectivity index (χ1) is 20.7. The van der Waals surface area contributed by atoms with Gasteiger partial charge in [-0.05, 0) is 86.6 Å². The molecule has 0 saturated heterocycles. The zero-order valence-corrected chi connectivity index (χ0v) is 24.4. The standard InChI is InChI=1S/C40H26BrN/c41-33-20-16-27(17-21-33)29-10-6-11-30(24-29)31-18-22-37-38-23-19-32(36-15-7-9-28-8-4-5-14-35(28)36)26-40(38)42(39(37)25-31)34-12-2-1-3-13-34/h1-26H. The van der Waals surface area contributed by atoms with Crippen LogP contribution in [-0.2, 0) is 0 Å². The van der Waals surface area contributed by atoms with Crippen molar-refractivity contribution in [1.82, 2.24) is 4.57 Å². The molecule has 198 valence electrons. The Morgan fingerprint density at radius 3 is 1.74 bits per heavy atom. The monoisotopic (exact) mass is 599 g/mol. The fourth-order valence-corrected chi connectivity index (χ4v) is 6.48. The van der Waals surface area contributed by atoms with Crippen molar-refractivity contribution in [2.75, 3.05) is 0 Å². The van der Waals surface area contributed by atoms with Gasteiger partial charge in [0.15, 0.2) is 0 Å². The van der Waals surface area contributed by atoms with Crippen molar-refractivity contribution >= 4 is 48.5 Å². The van der Waals surface area contributed by atoms with Crippen LogP contribution in [-0.4, -0.2) is 4.57 Å². The smallest absolute Gasteiger partial charge is 0.0547 e. The first kappa shape index (κ1) is 24.8. The van der Waals surface area contributed by atoms with E-state index >= 15 is 0 Å². The van der Waals surface area contributed by atoms with Gasteiger partial charge in [-0.2, -0.15) is 0 Å². The van der Waals surface area contributed by atoms with E-state index in [0.717, 1.165) is 10.2 Å². The van der Waals surface area contributed by atoms with E-state index in [9.17, 15) is 0 Å². The largest absolute Gasteiger partial charge is 0.309 e. The molecule has 8 rings (SSSR count). The topological polar surface area (TPSA) is 4.93 Å². The molecule has 1 aromatic heterocycles. The van der Waals surface area contributed by atoms with Crippen LogP contribution < -0.4 is 0 Å². The first-order valence-corrected chi connectivity index (χ1v) is 15.0. The zero-order chi connectivity index (χ0) is 28.0. The minimum Gasteiger partial charge on any atom is -0.309 e. The van der Waals surface area contributed by atoms with Crippen LogP contribution in [0.25, 0.3) is 71.6 Å². The molecule has 0 spiro atoms. The Kier molecular flexibility index (Phi) is 6.01. The Bertz CT molecular complexity index is 2240. The third kappa shape index (κ3) is 4.24. The lowest BCUT2D eigenvalue weighted by Gasteiger charge is -2.11. The third-order valence-corrected chi connectivity index (χ3v) is 8.78. The Morgan fingerprint density at radius 1 is 0.381 bits per heavy atom. The molecule has 8 aromatic rings. The van der Waals surface area contributed by atoms with E-state index in [-0.39, 0.29) is 0 Å². The minimum atomic E-state index is 1.09. The summed E-state index contributed by atoms with van der Waals surface area (Å²) in [5.41, 5.74) is 10.9. The first-order valence-electron chi connectivity index (χ1n) is 14.2. The molecule has 1 heterocycles. The van der Waals surface area contributed by atoms with E-state index in [1.807, 2.05) is 0 Å². The maximum Gasteiger partial charge on any atom is 0.0547 e. The van der Waals surface area contributed by atoms with Crippen LogP contribution in [0.1, 0.15) is 0 Å². The van der Waals surface area contributed by atoms with Crippen LogP contribution in [0.4, 0.5) is 0 Å². The highest BCUT2D eigenvalue weighted by Gasteiger charge is 2.15. The van der Waals surface area contributed by atoms with Gasteiger partial charge in [0.05, 0.1) is 11.0 Å². The van der Waals surface area contributed by atoms with Gasteiger partial charge in [0, 0.05) is 20.9 Å². The zero-order valence-electron chi connectivity index (χ0n) is 22.8. The normalized spacial score (nSPS) is 11.5. The molecule has 1 nitrogen and oxygen atoms in total. The molecule has 0 aliphatic carbocycles. The van der Waals surface area contributed by atoms with Gasteiger partial charge < -0.3 is 4.57 Å². The number of hydrogen-bond donors (Lipinski definition) is 0. The third-order valence-electron chi connectivity index (χ3n) is 8.26. The van der Waals surface area contributed by atoms with Gasteiger partial charge in [0.25, 0.3) is 0 Å². The van der Waals surface area contributed by atoms with Crippen molar-refractivity contribution in [2.45, 2.75) is 0 Å². The summed E-state index contributed by atoms with van der Waals surface area (Å²) in [4.78, 5) is 0. The Hall–Kier alpha value is -4.92. The summed E-state index contributed by atoms with van der Waals surface area (Å²) in [6.45, 7) is 0. The van der Waals surface area contributed by atoms with Crippen LogP contribution in [0.2, 0.25) is 0 Å². The van der Waals surface area contributed by atoms with E-state index in [1.54, 1.807) is 0 Å². The fourth-order valence-electron chi connectivity index (χ4n) is 6.22. The molecule has 42 heavy (non-hydrogen) atoms. The van der Waals surface area contributed by atoms with Crippen molar-refractivity contribution in [3.05, 3.63) is 162 Å². The molecule has 0 N–H and O–H groups in total. The predicted octanol–water partition coefficient (Wildman–Crippen LogP) is 11.7. The molecule has 2 heteroatoms. The lowest BCUT2D eigenvalue weighted by atomic mass is 9.97. The van der Waals surface area contributed by atoms with E-state index in [4.69, 9.17) is 0 Å². The predicted molar refractivity (Wildman–Crippen MR) is 182 cm³/mol. The Morgan fingerprint density at radius 2 is 0.952 bits per heavy atom. The molecule has 0 atom stereocenters. The lowest BCUT2D eigenvalue weighted by molar-refractivity contribution is 1.18. The van der Waals surface area contributed by atoms with Gasteiger partial charge in [-0.3, -0.25) is 0 Å². The molecule has 7 aromatic carbocycles. The van der Waals surface area contributed by atoms with Gasteiger partial charge in [-0.25, -0.2) is 0 Å². The second kappa shape index (κ2) is 10.2. The van der Waals surface area contributed by atoms with Crippen molar-refractivity contribution < 1.29 is 0 Å². The number of halogens is 1. The highest BCUT2D eigenvalue weighted by Crippen LogP contribution is 2.38. The quantitative estimate of drug-likeness (QED) is 0.189. The summed E-state index contributed by atoms with van der Waals surface area (Å²) in [5.74, 6) is 0. The minimum absolute atomic E-state index is 1.09. The summed E-state index contributed by atoms with van der Waals surface area (Å²) < 4.78 is 3.51. The van der Waals surface area contributed by atoms with Crippen LogP contribution in [0.3, 0.4) is 0 Å². The molecule has 0 aliphatic rings. The summed E-state index contributed by atoms with van der Waals surface area (Å²) in [6, 6.07) is 57.1. The average Bonchev–Trinajstić information content (AvgIpc) is 3.38. The number of hydrogen-bond acceptors (Lipinski definition) is 0. The second-order valence-electron chi connectivity index (χ2n) is 10.7. The van der Waals surface area contributed by atoms with Crippen LogP contribution >= 0.6 is 15.9 Å². The maximum atomic E-state index is 3.56. The molecule has 0 fully saturated rings. The number of rotatable bonds is 4. The molecule has 0 unspecified atom stereocenters. The van der Waals surface area contributed by atoms with Crippen LogP contribution in [0, 0.1) is 0 Å². The molecule has 0 aliphatic heterocycles. The molecule has 0 radical (unpaired) electrons. The van der Waals surface area contributed by atoms with Crippen molar-refractivity contribution in [3.63, 3.8) is 0 Å². The van der Waals surface area contributed by atoms with Gasteiger partial charge in [0.2, 0.25) is 0 Å². The Balaban J connectivity index is 1.34. The van der Waals surface area contributed by atoms with Crippen LogP contribution in [0.5, 0.6) is 0 Å². The molecule has 0 bridgehead atoms. The molecule has 0 saturated carbocycles. The maximum absolute atomic E-state index is 3.56. The number of benzene rings is 7. The fraction of sp³-hybridized carbons (Fsp3) is 0. The average molecular weight is 601 g/mol. The number of fused-ring (bicyclic) bond motifs is 4. The van der Waals surface area contributed by atoms with Crippen molar-refractivity contribution in [2.24, 2.45) is 0 Å². The summed E-state index contributed by atoms with van der Waals surface area (Å²) in [5, 5.41) is 5.04. The van der Waals surface area contributed by atoms with Gasteiger partial charge in [-0.1, -0.05) is 131 Å². The molecular formula is C40H26BrN. The number of para-hydroxylation sites is 1. The number of aromatic nitrogens is 1. The summed E-state index contributed by atoms with van der Waals surface area (Å²) in [7, 11) is 0.